The number of urea groups is 1. The summed E-state index contributed by atoms with van der Waals surface area (Å²) in [6.07, 6.45) is 0.0252. The molecule has 1 aliphatic heterocycles. The van der Waals surface area contributed by atoms with Crippen molar-refractivity contribution in [3.8, 4) is 0 Å². The summed E-state index contributed by atoms with van der Waals surface area (Å²) < 4.78 is 13.2. The Balaban J connectivity index is 1.61. The Labute approximate surface area is 145 Å². The lowest BCUT2D eigenvalue weighted by Crippen LogP contribution is -2.35. The molecule has 1 fully saturated rings. The van der Waals surface area contributed by atoms with Crippen LogP contribution in [0.15, 0.2) is 54.6 Å². The molecule has 2 atom stereocenters. The first-order valence-corrected chi connectivity index (χ1v) is 8.14. The zero-order chi connectivity index (χ0) is 17.8. The minimum Gasteiger partial charge on any atom is -0.387 e. The van der Waals surface area contributed by atoms with Gasteiger partial charge in [-0.05, 0) is 36.1 Å². The van der Waals surface area contributed by atoms with Crippen LogP contribution in [0.4, 0.5) is 9.18 Å². The maximum Gasteiger partial charge on any atom is 0.324 e. The Morgan fingerprint density at radius 3 is 2.60 bits per heavy atom. The van der Waals surface area contributed by atoms with Gasteiger partial charge in [0.2, 0.25) is 0 Å². The summed E-state index contributed by atoms with van der Waals surface area (Å²) in [7, 11) is 0. The highest BCUT2D eigenvalue weighted by Gasteiger charge is 2.38. The van der Waals surface area contributed by atoms with Gasteiger partial charge in [0.1, 0.15) is 11.9 Å². The fourth-order valence-electron chi connectivity index (χ4n) is 2.89. The van der Waals surface area contributed by atoms with E-state index >= 15 is 0 Å². The number of carbonyl (C=O) groups is 2. The number of rotatable bonds is 6. The molecular weight excluding hydrogens is 323 g/mol. The summed E-state index contributed by atoms with van der Waals surface area (Å²) in [4.78, 5) is 25.5. The summed E-state index contributed by atoms with van der Waals surface area (Å²) in [5.74, 6) is -0.842. The van der Waals surface area contributed by atoms with E-state index in [1.807, 2.05) is 30.3 Å². The molecule has 2 N–H and O–H groups in total. The van der Waals surface area contributed by atoms with Crippen LogP contribution < -0.4 is 5.32 Å². The number of hydrogen-bond acceptors (Lipinski definition) is 3. The predicted molar refractivity (Wildman–Crippen MR) is 90.2 cm³/mol. The second-order valence-electron chi connectivity index (χ2n) is 6.05. The van der Waals surface area contributed by atoms with Crippen molar-refractivity contribution in [2.45, 2.75) is 25.0 Å². The molecule has 3 amide bonds. The number of aliphatic hydroxyl groups excluding tert-OH is 1. The molecule has 2 aromatic carbocycles. The second kappa shape index (κ2) is 7.44. The number of imide groups is 1. The molecule has 25 heavy (non-hydrogen) atoms. The summed E-state index contributed by atoms with van der Waals surface area (Å²) in [5.41, 5.74) is 1.41. The fraction of sp³-hybridized carbons (Fsp3) is 0.263. The van der Waals surface area contributed by atoms with Crippen molar-refractivity contribution in [1.29, 1.82) is 0 Å². The van der Waals surface area contributed by atoms with Gasteiger partial charge >= 0.3 is 6.03 Å². The van der Waals surface area contributed by atoms with E-state index in [2.05, 4.69) is 5.32 Å². The van der Waals surface area contributed by atoms with E-state index in [0.29, 0.717) is 18.4 Å². The number of amides is 3. The number of benzene rings is 2. The molecule has 1 aliphatic rings. The largest absolute Gasteiger partial charge is 0.387 e. The average molecular weight is 342 g/mol. The number of nitrogens with one attached hydrogen (secondary N) is 1. The molecule has 5 nitrogen and oxygen atoms in total. The lowest BCUT2D eigenvalue weighted by atomic mass is 10.0. The molecular formula is C19H19FN2O3. The van der Waals surface area contributed by atoms with Gasteiger partial charge in [0.25, 0.3) is 5.91 Å². The maximum absolute atomic E-state index is 13.2. The topological polar surface area (TPSA) is 69.6 Å². The zero-order valence-corrected chi connectivity index (χ0v) is 13.6. The molecule has 0 aliphatic carbocycles. The molecule has 6 heteroatoms. The van der Waals surface area contributed by atoms with Crippen LogP contribution >= 0.6 is 0 Å². The third-order valence-corrected chi connectivity index (χ3v) is 4.26. The zero-order valence-electron chi connectivity index (χ0n) is 13.6. The Morgan fingerprint density at radius 2 is 1.88 bits per heavy atom. The molecule has 1 saturated heterocycles. The summed E-state index contributed by atoms with van der Waals surface area (Å²) in [6.45, 7) is -0.198. The highest BCUT2D eigenvalue weighted by molar-refractivity contribution is 6.04. The highest BCUT2D eigenvalue weighted by Crippen LogP contribution is 2.19. The number of β-amino-alcohol motifs (C(OH)–C–C–N with tert-alkyl or cyclic N) is 1. The SMILES string of the molecule is O=C1N[C@@H](CCc2ccccc2)C(=O)N1C[C@@H](O)c1cccc(F)c1. The van der Waals surface area contributed by atoms with Crippen molar-refractivity contribution in [2.75, 3.05) is 6.54 Å². The number of carbonyl (C=O) groups excluding carboxylic acids is 2. The molecule has 0 unspecified atom stereocenters. The van der Waals surface area contributed by atoms with E-state index in [-0.39, 0.29) is 12.5 Å². The van der Waals surface area contributed by atoms with E-state index in [9.17, 15) is 19.1 Å². The van der Waals surface area contributed by atoms with Crippen LogP contribution in [-0.2, 0) is 11.2 Å². The lowest BCUT2D eigenvalue weighted by Gasteiger charge is -2.18. The number of halogens is 1. The first kappa shape index (κ1) is 17.1. The third-order valence-electron chi connectivity index (χ3n) is 4.26. The van der Waals surface area contributed by atoms with Crippen LogP contribution in [0.25, 0.3) is 0 Å². The molecule has 0 spiro atoms. The molecule has 3 rings (SSSR count). The summed E-state index contributed by atoms with van der Waals surface area (Å²) in [6, 6.07) is 14.0. The normalized spacial score (nSPS) is 18.3. The fourth-order valence-corrected chi connectivity index (χ4v) is 2.89. The number of nitrogens with zero attached hydrogens (tertiary/aromatic N) is 1. The first-order chi connectivity index (χ1) is 12.0. The van der Waals surface area contributed by atoms with Gasteiger partial charge in [-0.1, -0.05) is 42.5 Å². The van der Waals surface area contributed by atoms with Crippen molar-refractivity contribution < 1.29 is 19.1 Å². The average Bonchev–Trinajstić information content (AvgIpc) is 2.88. The molecule has 2 aromatic rings. The van der Waals surface area contributed by atoms with Gasteiger partial charge in [-0.15, -0.1) is 0 Å². The molecule has 0 saturated carbocycles. The van der Waals surface area contributed by atoms with Crippen LogP contribution in [0, 0.1) is 5.82 Å². The van der Waals surface area contributed by atoms with Crippen molar-refractivity contribution in [2.24, 2.45) is 0 Å². The molecule has 0 bridgehead atoms. The van der Waals surface area contributed by atoms with E-state index < -0.39 is 24.0 Å². The van der Waals surface area contributed by atoms with E-state index in [1.54, 1.807) is 6.07 Å². The van der Waals surface area contributed by atoms with Crippen molar-refractivity contribution in [3.05, 3.63) is 71.5 Å². The Bertz CT molecular complexity index is 766. The Hall–Kier alpha value is -2.73. The summed E-state index contributed by atoms with van der Waals surface area (Å²) >= 11 is 0. The van der Waals surface area contributed by atoms with Gasteiger partial charge in [0.15, 0.2) is 0 Å². The Morgan fingerprint density at radius 1 is 1.12 bits per heavy atom. The van der Waals surface area contributed by atoms with Crippen LogP contribution in [0.1, 0.15) is 23.7 Å². The van der Waals surface area contributed by atoms with Gasteiger partial charge in [-0.3, -0.25) is 9.69 Å². The summed E-state index contributed by atoms with van der Waals surface area (Å²) in [5, 5.41) is 12.8. The van der Waals surface area contributed by atoms with Gasteiger partial charge in [0, 0.05) is 0 Å². The maximum atomic E-state index is 13.2. The quantitative estimate of drug-likeness (QED) is 0.792. The second-order valence-corrected chi connectivity index (χ2v) is 6.05. The van der Waals surface area contributed by atoms with E-state index in [4.69, 9.17) is 0 Å². The smallest absolute Gasteiger partial charge is 0.324 e. The van der Waals surface area contributed by atoms with Gasteiger partial charge in [0.05, 0.1) is 12.6 Å². The molecule has 0 radical (unpaired) electrons. The van der Waals surface area contributed by atoms with Crippen LogP contribution in [0.5, 0.6) is 0 Å². The van der Waals surface area contributed by atoms with Crippen LogP contribution in [0.2, 0.25) is 0 Å². The molecule has 130 valence electrons. The predicted octanol–water partition coefficient (Wildman–Crippen LogP) is 2.41. The van der Waals surface area contributed by atoms with Gasteiger partial charge in [-0.25, -0.2) is 9.18 Å². The van der Waals surface area contributed by atoms with Crippen molar-refractivity contribution >= 4 is 11.9 Å². The molecule has 0 aromatic heterocycles. The third kappa shape index (κ3) is 4.03. The lowest BCUT2D eigenvalue weighted by molar-refractivity contribution is -0.128. The van der Waals surface area contributed by atoms with Crippen LogP contribution in [-0.4, -0.2) is 34.5 Å². The minimum atomic E-state index is -1.13. The van der Waals surface area contributed by atoms with Gasteiger partial charge in [-0.2, -0.15) is 0 Å². The number of aryl methyl sites for hydroxylation is 1. The minimum absolute atomic E-state index is 0.198. The molecule has 1 heterocycles. The number of hydrogen-bond donors (Lipinski definition) is 2. The number of aliphatic hydroxyl groups is 1. The van der Waals surface area contributed by atoms with Crippen molar-refractivity contribution in [1.82, 2.24) is 10.2 Å². The first-order valence-electron chi connectivity index (χ1n) is 8.14. The van der Waals surface area contributed by atoms with Crippen LogP contribution in [0.3, 0.4) is 0 Å². The van der Waals surface area contributed by atoms with Gasteiger partial charge < -0.3 is 10.4 Å². The highest BCUT2D eigenvalue weighted by atomic mass is 19.1. The Kier molecular flexibility index (Phi) is 5.09. The standard InChI is InChI=1S/C19H19FN2O3/c20-15-8-4-7-14(11-15)17(23)12-22-18(24)16(21-19(22)25)10-9-13-5-2-1-3-6-13/h1-8,11,16-17,23H,9-10,12H2,(H,21,25)/t16-,17+/m0/s1. The van der Waals surface area contributed by atoms with Crippen molar-refractivity contribution in [3.63, 3.8) is 0 Å². The van der Waals surface area contributed by atoms with E-state index in [1.165, 1.54) is 18.2 Å². The monoisotopic (exact) mass is 342 g/mol. The van der Waals surface area contributed by atoms with E-state index in [0.717, 1.165) is 10.5 Å².